The molecular formula is C16H12F2N2OS3. The third kappa shape index (κ3) is 3.82. The van der Waals surface area contributed by atoms with Crippen molar-refractivity contribution in [1.29, 1.82) is 0 Å². The largest absolute Gasteiger partial charge is 0.494 e. The first-order chi connectivity index (χ1) is 11.6. The molecule has 124 valence electrons. The lowest BCUT2D eigenvalue weighted by Crippen LogP contribution is -1.96. The van der Waals surface area contributed by atoms with Crippen LogP contribution in [0.3, 0.4) is 0 Å². The monoisotopic (exact) mass is 382 g/mol. The fourth-order valence-electron chi connectivity index (χ4n) is 2.01. The summed E-state index contributed by atoms with van der Waals surface area (Å²) in [7, 11) is 1.43. The average molecular weight is 382 g/mol. The molecule has 8 heteroatoms. The number of ether oxygens (including phenoxy) is 1. The number of halogens is 2. The number of rotatable bonds is 5. The molecule has 24 heavy (non-hydrogen) atoms. The second kappa shape index (κ2) is 7.42. The Morgan fingerprint density at radius 2 is 1.96 bits per heavy atom. The van der Waals surface area contributed by atoms with E-state index in [9.17, 15) is 8.78 Å². The van der Waals surface area contributed by atoms with Crippen molar-refractivity contribution in [2.45, 2.75) is 10.1 Å². The molecule has 0 amide bonds. The van der Waals surface area contributed by atoms with Gasteiger partial charge in [0.1, 0.15) is 5.82 Å². The van der Waals surface area contributed by atoms with Gasteiger partial charge in [-0.3, -0.25) is 0 Å². The SMILES string of the molecule is COc1ccc(CSc2nn(-c3ccc(F)cc3)c(=S)s2)cc1F. The Balaban J connectivity index is 1.75. The zero-order valence-electron chi connectivity index (χ0n) is 12.5. The second-order valence-corrected chi connectivity index (χ2v) is 7.62. The van der Waals surface area contributed by atoms with Gasteiger partial charge in [0, 0.05) is 5.75 Å². The van der Waals surface area contributed by atoms with Crippen LogP contribution in [-0.4, -0.2) is 16.9 Å². The van der Waals surface area contributed by atoms with E-state index in [0.29, 0.717) is 15.4 Å². The average Bonchev–Trinajstić information content (AvgIpc) is 2.95. The Bertz CT molecular complexity index is 906. The van der Waals surface area contributed by atoms with Crippen molar-refractivity contribution in [3.05, 3.63) is 63.6 Å². The number of hydrogen-bond donors (Lipinski definition) is 0. The minimum Gasteiger partial charge on any atom is -0.494 e. The number of benzene rings is 2. The molecule has 0 aliphatic heterocycles. The van der Waals surface area contributed by atoms with Gasteiger partial charge in [0.25, 0.3) is 0 Å². The standard InChI is InChI=1S/C16H12F2N2OS3/c1-21-14-7-2-10(8-13(14)18)9-23-15-19-20(16(22)24-15)12-5-3-11(17)4-6-12/h2-8H,9H2,1H3. The molecule has 3 aromatic rings. The third-order valence-electron chi connectivity index (χ3n) is 3.18. The first-order valence-electron chi connectivity index (χ1n) is 6.88. The van der Waals surface area contributed by atoms with Crippen LogP contribution < -0.4 is 4.74 Å². The van der Waals surface area contributed by atoms with Crippen molar-refractivity contribution < 1.29 is 13.5 Å². The van der Waals surface area contributed by atoms with Gasteiger partial charge in [0.05, 0.1) is 12.8 Å². The summed E-state index contributed by atoms with van der Waals surface area (Å²) in [5.41, 5.74) is 1.53. The fourth-order valence-corrected chi connectivity index (χ4v) is 4.31. The molecule has 1 aromatic heterocycles. The summed E-state index contributed by atoms with van der Waals surface area (Å²) in [6, 6.07) is 10.8. The van der Waals surface area contributed by atoms with Gasteiger partial charge >= 0.3 is 0 Å². The topological polar surface area (TPSA) is 27.1 Å². The van der Waals surface area contributed by atoms with Crippen molar-refractivity contribution in [2.75, 3.05) is 7.11 Å². The number of aromatic nitrogens is 2. The molecule has 0 fully saturated rings. The smallest absolute Gasteiger partial charge is 0.184 e. The van der Waals surface area contributed by atoms with Crippen molar-refractivity contribution in [1.82, 2.24) is 9.78 Å². The van der Waals surface area contributed by atoms with E-state index >= 15 is 0 Å². The van der Waals surface area contributed by atoms with Crippen molar-refractivity contribution in [3.63, 3.8) is 0 Å². The van der Waals surface area contributed by atoms with Gasteiger partial charge in [-0.15, -0.1) is 5.10 Å². The Labute approximate surface area is 150 Å². The van der Waals surface area contributed by atoms with Crippen LogP contribution in [0.4, 0.5) is 8.78 Å². The van der Waals surface area contributed by atoms with Crippen LogP contribution in [0.25, 0.3) is 5.69 Å². The highest BCUT2D eigenvalue weighted by Gasteiger charge is 2.09. The first-order valence-corrected chi connectivity index (χ1v) is 9.09. The molecule has 0 spiro atoms. The van der Waals surface area contributed by atoms with Crippen molar-refractivity contribution in [3.8, 4) is 11.4 Å². The van der Waals surface area contributed by atoms with E-state index < -0.39 is 0 Å². The molecule has 0 aliphatic carbocycles. The van der Waals surface area contributed by atoms with E-state index in [1.165, 1.54) is 48.4 Å². The molecule has 0 radical (unpaired) electrons. The molecular weight excluding hydrogens is 370 g/mol. The van der Waals surface area contributed by atoms with Gasteiger partial charge in [-0.05, 0) is 54.2 Å². The third-order valence-corrected chi connectivity index (χ3v) is 5.62. The molecule has 2 aromatic carbocycles. The van der Waals surface area contributed by atoms with Gasteiger partial charge in [-0.25, -0.2) is 13.5 Å². The molecule has 0 saturated heterocycles. The Morgan fingerprint density at radius 3 is 2.62 bits per heavy atom. The van der Waals surface area contributed by atoms with Gasteiger partial charge in [-0.1, -0.05) is 29.2 Å². The van der Waals surface area contributed by atoms with Gasteiger partial charge in [-0.2, -0.15) is 0 Å². The Kier molecular flexibility index (Phi) is 5.27. The number of methoxy groups -OCH3 is 1. The molecule has 0 aliphatic rings. The zero-order chi connectivity index (χ0) is 17.1. The van der Waals surface area contributed by atoms with Crippen molar-refractivity contribution >= 4 is 35.3 Å². The van der Waals surface area contributed by atoms with Crippen LogP contribution in [0, 0.1) is 15.6 Å². The summed E-state index contributed by atoms with van der Waals surface area (Å²) in [6.45, 7) is 0. The minimum absolute atomic E-state index is 0.222. The van der Waals surface area contributed by atoms with E-state index in [4.69, 9.17) is 17.0 Å². The Hall–Kier alpha value is -1.77. The van der Waals surface area contributed by atoms with Crippen LogP contribution in [0.1, 0.15) is 5.56 Å². The maximum atomic E-state index is 13.7. The summed E-state index contributed by atoms with van der Waals surface area (Å²) in [5.74, 6) is 0.0868. The molecule has 1 heterocycles. The maximum Gasteiger partial charge on any atom is 0.184 e. The van der Waals surface area contributed by atoms with Gasteiger partial charge < -0.3 is 4.74 Å². The number of nitrogens with zero attached hydrogens (tertiary/aromatic N) is 2. The highest BCUT2D eigenvalue weighted by Crippen LogP contribution is 2.28. The lowest BCUT2D eigenvalue weighted by atomic mass is 10.2. The van der Waals surface area contributed by atoms with E-state index in [1.54, 1.807) is 22.9 Å². The molecule has 3 rings (SSSR count). The maximum absolute atomic E-state index is 13.7. The van der Waals surface area contributed by atoms with Crippen LogP contribution in [0.5, 0.6) is 5.75 Å². The Morgan fingerprint density at radius 1 is 1.21 bits per heavy atom. The summed E-state index contributed by atoms with van der Waals surface area (Å²) in [6.07, 6.45) is 0. The van der Waals surface area contributed by atoms with Gasteiger partial charge in [0.2, 0.25) is 0 Å². The molecule has 0 N–H and O–H groups in total. The molecule has 0 unspecified atom stereocenters. The van der Waals surface area contributed by atoms with Crippen LogP contribution in [-0.2, 0) is 5.75 Å². The lowest BCUT2D eigenvalue weighted by Gasteiger charge is -2.04. The molecule has 3 nitrogen and oxygen atoms in total. The lowest BCUT2D eigenvalue weighted by molar-refractivity contribution is 0.386. The van der Waals surface area contributed by atoms with Crippen LogP contribution in [0.2, 0.25) is 0 Å². The predicted molar refractivity (Wildman–Crippen MR) is 94.7 cm³/mol. The van der Waals surface area contributed by atoms with Crippen LogP contribution in [0.15, 0.2) is 46.8 Å². The molecule has 0 atom stereocenters. The number of hydrogen-bond acceptors (Lipinski definition) is 5. The van der Waals surface area contributed by atoms with E-state index in [1.807, 2.05) is 6.07 Å². The number of thioether (sulfide) groups is 1. The van der Waals surface area contributed by atoms with Crippen molar-refractivity contribution in [2.24, 2.45) is 0 Å². The summed E-state index contributed by atoms with van der Waals surface area (Å²) < 4.78 is 34.5. The van der Waals surface area contributed by atoms with E-state index in [2.05, 4.69) is 5.10 Å². The normalized spacial score (nSPS) is 10.8. The molecule has 0 saturated carbocycles. The quantitative estimate of drug-likeness (QED) is 0.445. The summed E-state index contributed by atoms with van der Waals surface area (Å²) in [5, 5.41) is 4.43. The van der Waals surface area contributed by atoms with E-state index in [0.717, 1.165) is 9.90 Å². The molecule has 0 bridgehead atoms. The zero-order valence-corrected chi connectivity index (χ0v) is 15.0. The first kappa shape index (κ1) is 17.1. The van der Waals surface area contributed by atoms with Crippen LogP contribution >= 0.6 is 35.3 Å². The summed E-state index contributed by atoms with van der Waals surface area (Å²) >= 11 is 8.14. The minimum atomic E-state index is -0.389. The van der Waals surface area contributed by atoms with Gasteiger partial charge in [0.15, 0.2) is 19.9 Å². The second-order valence-electron chi connectivity index (χ2n) is 4.78. The highest BCUT2D eigenvalue weighted by atomic mass is 32.2. The fraction of sp³-hybridized carbons (Fsp3) is 0.125. The highest BCUT2D eigenvalue weighted by molar-refractivity contribution is 8.00. The predicted octanol–water partition coefficient (Wildman–Crippen LogP) is 5.24. The van der Waals surface area contributed by atoms with E-state index in [-0.39, 0.29) is 17.4 Å². The summed E-state index contributed by atoms with van der Waals surface area (Å²) in [4.78, 5) is 0.